The molecule has 0 bridgehead atoms. The highest BCUT2D eigenvalue weighted by atomic mass is 79.9. The van der Waals surface area contributed by atoms with Crippen molar-refractivity contribution < 1.29 is 9.84 Å². The number of aliphatic hydroxyl groups is 1. The highest BCUT2D eigenvalue weighted by molar-refractivity contribution is 9.11. The fraction of sp³-hybridized carbons (Fsp3) is 0.571. The number of ether oxygens (including phenoxy) is 1. The number of likely N-dealkylation sites (tertiary alicyclic amines) is 1. The van der Waals surface area contributed by atoms with Crippen molar-refractivity contribution in [1.82, 2.24) is 4.90 Å². The molecule has 0 spiro atoms. The maximum Gasteiger partial charge on any atom is 0.147 e. The highest BCUT2D eigenvalue weighted by Crippen LogP contribution is 2.36. The summed E-state index contributed by atoms with van der Waals surface area (Å²) in [6.07, 6.45) is 3.31. The Kier molecular flexibility index (Phi) is 6.81. The number of aliphatic hydroxyl groups excluding tert-OH is 1. The molecule has 1 fully saturated rings. The molecule has 0 saturated carbocycles. The maximum absolute atomic E-state index is 10.1. The molecule has 1 unspecified atom stereocenters. The van der Waals surface area contributed by atoms with Gasteiger partial charge in [0.1, 0.15) is 18.5 Å². The fourth-order valence-electron chi connectivity index (χ4n) is 2.34. The predicted molar refractivity (Wildman–Crippen MR) is 91.3 cm³/mol. The Morgan fingerprint density at radius 3 is 2.30 bits per heavy atom. The number of rotatable bonds is 5. The van der Waals surface area contributed by atoms with E-state index in [9.17, 15) is 5.11 Å². The molecule has 1 aliphatic rings. The predicted octanol–water partition coefficient (Wildman–Crippen LogP) is 4.20. The number of benzene rings is 1. The number of hydrogen-bond donors (Lipinski definition) is 1. The summed E-state index contributed by atoms with van der Waals surface area (Å²) in [7, 11) is 0. The number of β-amino-alcohol motifs (C(OH)–C–C–N with tert-alkyl or cyclic N) is 1. The van der Waals surface area contributed by atoms with Crippen molar-refractivity contribution in [3.05, 3.63) is 25.6 Å². The Labute approximate surface area is 145 Å². The van der Waals surface area contributed by atoms with Crippen LogP contribution >= 0.6 is 47.8 Å². The third-order valence-corrected chi connectivity index (χ3v) is 4.94. The quantitative estimate of drug-likeness (QED) is 0.698. The second-order valence-electron chi connectivity index (χ2n) is 5.02. The topological polar surface area (TPSA) is 32.7 Å². The van der Waals surface area contributed by atoms with E-state index in [1.165, 1.54) is 19.3 Å². The number of halogens is 3. The van der Waals surface area contributed by atoms with Gasteiger partial charge in [-0.1, -0.05) is 22.4 Å². The molecule has 3 nitrogen and oxygen atoms in total. The Hall–Kier alpha value is 0.380. The highest BCUT2D eigenvalue weighted by Gasteiger charge is 2.16. The van der Waals surface area contributed by atoms with Gasteiger partial charge in [0.15, 0.2) is 0 Å². The van der Waals surface area contributed by atoms with Gasteiger partial charge < -0.3 is 14.7 Å². The van der Waals surface area contributed by atoms with Crippen LogP contribution in [0.25, 0.3) is 0 Å². The molecule has 1 aromatic rings. The largest absolute Gasteiger partial charge is 0.488 e. The van der Waals surface area contributed by atoms with Gasteiger partial charge in [-0.25, -0.2) is 0 Å². The first-order valence-electron chi connectivity index (χ1n) is 6.74. The molecule has 1 heterocycles. The maximum atomic E-state index is 10.1. The molecule has 1 aliphatic heterocycles. The van der Waals surface area contributed by atoms with Crippen LogP contribution in [0.1, 0.15) is 19.3 Å². The lowest BCUT2D eigenvalue weighted by Crippen LogP contribution is -2.38. The number of piperidine rings is 1. The smallest absolute Gasteiger partial charge is 0.147 e. The average Bonchev–Trinajstić information content (AvgIpc) is 2.38. The van der Waals surface area contributed by atoms with Crippen molar-refractivity contribution in [3.8, 4) is 5.75 Å². The van der Waals surface area contributed by atoms with E-state index in [0.717, 1.165) is 32.3 Å². The molecular formula is C14H18Br3NO2. The van der Waals surface area contributed by atoms with E-state index in [-0.39, 0.29) is 0 Å². The minimum Gasteiger partial charge on any atom is -0.488 e. The summed E-state index contributed by atoms with van der Waals surface area (Å²) in [5.41, 5.74) is 0. The molecule has 0 radical (unpaired) electrons. The van der Waals surface area contributed by atoms with Gasteiger partial charge in [-0.05, 0) is 69.9 Å². The minimum atomic E-state index is -0.462. The summed E-state index contributed by atoms with van der Waals surface area (Å²) < 4.78 is 8.43. The Bertz CT molecular complexity index is 427. The Morgan fingerprint density at radius 1 is 1.10 bits per heavy atom. The molecule has 0 aromatic heterocycles. The summed E-state index contributed by atoms with van der Waals surface area (Å²) in [5.74, 6) is 0.728. The zero-order valence-electron chi connectivity index (χ0n) is 11.1. The molecule has 0 amide bonds. The Balaban J connectivity index is 1.85. The lowest BCUT2D eigenvalue weighted by Gasteiger charge is -2.28. The van der Waals surface area contributed by atoms with Crippen LogP contribution in [-0.4, -0.2) is 42.4 Å². The number of nitrogens with zero attached hydrogens (tertiary/aromatic N) is 1. The van der Waals surface area contributed by atoms with E-state index in [1.807, 2.05) is 12.1 Å². The molecule has 2 rings (SSSR count). The molecule has 0 aliphatic carbocycles. The fourth-order valence-corrected chi connectivity index (χ4v) is 4.83. The summed E-state index contributed by atoms with van der Waals surface area (Å²) >= 11 is 10.4. The van der Waals surface area contributed by atoms with E-state index < -0.39 is 6.10 Å². The molecule has 6 heteroatoms. The van der Waals surface area contributed by atoms with E-state index in [4.69, 9.17) is 4.74 Å². The first-order valence-corrected chi connectivity index (χ1v) is 9.12. The first kappa shape index (κ1) is 16.7. The van der Waals surface area contributed by atoms with Gasteiger partial charge in [0.05, 0.1) is 8.95 Å². The summed E-state index contributed by atoms with van der Waals surface area (Å²) in [5, 5.41) is 10.1. The molecule has 20 heavy (non-hydrogen) atoms. The lowest BCUT2D eigenvalue weighted by atomic mass is 10.1. The van der Waals surface area contributed by atoms with Gasteiger partial charge in [0.2, 0.25) is 0 Å². The van der Waals surface area contributed by atoms with Gasteiger partial charge in [0.25, 0.3) is 0 Å². The van der Waals surface area contributed by atoms with Crippen molar-refractivity contribution in [2.45, 2.75) is 25.4 Å². The molecule has 1 N–H and O–H groups in total. The van der Waals surface area contributed by atoms with E-state index in [2.05, 4.69) is 52.7 Å². The summed E-state index contributed by atoms with van der Waals surface area (Å²) in [4.78, 5) is 2.31. The van der Waals surface area contributed by atoms with E-state index in [0.29, 0.717) is 13.2 Å². The minimum absolute atomic E-state index is 0.301. The molecule has 1 aromatic carbocycles. The summed E-state index contributed by atoms with van der Waals surface area (Å²) in [6.45, 7) is 3.16. The average molecular weight is 472 g/mol. The van der Waals surface area contributed by atoms with Gasteiger partial charge in [-0.2, -0.15) is 0 Å². The van der Waals surface area contributed by atoms with Crippen LogP contribution in [0.3, 0.4) is 0 Å². The second-order valence-corrected chi connectivity index (χ2v) is 7.65. The monoisotopic (exact) mass is 469 g/mol. The molecule has 1 saturated heterocycles. The van der Waals surface area contributed by atoms with Crippen LogP contribution in [0.2, 0.25) is 0 Å². The third kappa shape index (κ3) is 4.98. The van der Waals surface area contributed by atoms with Gasteiger partial charge in [-0.15, -0.1) is 0 Å². The van der Waals surface area contributed by atoms with Crippen LogP contribution in [0, 0.1) is 0 Å². The van der Waals surface area contributed by atoms with Crippen LogP contribution in [0.5, 0.6) is 5.75 Å². The van der Waals surface area contributed by atoms with Gasteiger partial charge in [-0.3, -0.25) is 0 Å². The normalized spacial score (nSPS) is 18.0. The SMILES string of the molecule is OC(COc1c(Br)cc(Br)cc1Br)CN1CCCCC1. The van der Waals surface area contributed by atoms with Crippen LogP contribution in [0.4, 0.5) is 0 Å². The Morgan fingerprint density at radius 2 is 1.70 bits per heavy atom. The van der Waals surface area contributed by atoms with E-state index >= 15 is 0 Å². The first-order chi connectivity index (χ1) is 9.56. The van der Waals surface area contributed by atoms with Crippen molar-refractivity contribution in [1.29, 1.82) is 0 Å². The second kappa shape index (κ2) is 8.13. The standard InChI is InChI=1S/C14H18Br3NO2/c15-10-6-12(16)14(13(17)7-10)20-9-11(19)8-18-4-2-1-3-5-18/h6-7,11,19H,1-5,8-9H2. The number of hydrogen-bond acceptors (Lipinski definition) is 3. The lowest BCUT2D eigenvalue weighted by molar-refractivity contribution is 0.0612. The van der Waals surface area contributed by atoms with Crippen LogP contribution in [0.15, 0.2) is 25.6 Å². The third-order valence-electron chi connectivity index (χ3n) is 3.30. The molecule has 112 valence electrons. The zero-order valence-corrected chi connectivity index (χ0v) is 15.9. The van der Waals surface area contributed by atoms with Crippen molar-refractivity contribution in [3.63, 3.8) is 0 Å². The van der Waals surface area contributed by atoms with Crippen LogP contribution < -0.4 is 4.74 Å². The van der Waals surface area contributed by atoms with E-state index in [1.54, 1.807) is 0 Å². The molecule has 1 atom stereocenters. The van der Waals surface area contributed by atoms with Gasteiger partial charge in [0, 0.05) is 11.0 Å². The summed E-state index contributed by atoms with van der Waals surface area (Å²) in [6, 6.07) is 3.86. The molecular weight excluding hydrogens is 454 g/mol. The van der Waals surface area contributed by atoms with Gasteiger partial charge >= 0.3 is 0 Å². The van der Waals surface area contributed by atoms with Crippen molar-refractivity contribution in [2.24, 2.45) is 0 Å². The zero-order chi connectivity index (χ0) is 14.5. The van der Waals surface area contributed by atoms with Crippen molar-refractivity contribution in [2.75, 3.05) is 26.2 Å². The van der Waals surface area contributed by atoms with Crippen molar-refractivity contribution >= 4 is 47.8 Å². The van der Waals surface area contributed by atoms with Crippen LogP contribution in [-0.2, 0) is 0 Å².